The fraction of sp³-hybridized carbons (Fsp3) is 0.474. The Morgan fingerprint density at radius 1 is 1.20 bits per heavy atom. The van der Waals surface area contributed by atoms with Crippen LogP contribution in [-0.4, -0.2) is 20.5 Å². The Bertz CT molecular complexity index is 787. The predicted molar refractivity (Wildman–Crippen MR) is 95.0 cm³/mol. The molecule has 0 saturated heterocycles. The number of ketones is 1. The molecule has 25 heavy (non-hydrogen) atoms. The standard InChI is InChI=1S/C19H23N3O3/c1-13-19(22(24)25)14(2)21(20-13)12-18(23)17-10-8-16(9-11-17)15-6-4-3-5-7-15/h8-11,15H,3-7,12H2,1-2H3. The second kappa shape index (κ2) is 7.17. The van der Waals surface area contributed by atoms with Crippen molar-refractivity contribution in [3.63, 3.8) is 0 Å². The number of nitrogens with zero attached hydrogens (tertiary/aromatic N) is 3. The van der Waals surface area contributed by atoms with Crippen LogP contribution in [0.2, 0.25) is 0 Å². The van der Waals surface area contributed by atoms with Gasteiger partial charge in [0.15, 0.2) is 5.78 Å². The van der Waals surface area contributed by atoms with E-state index in [0.29, 0.717) is 22.9 Å². The van der Waals surface area contributed by atoms with Crippen molar-refractivity contribution in [2.45, 2.75) is 58.4 Å². The van der Waals surface area contributed by atoms with Gasteiger partial charge in [-0.05, 0) is 38.2 Å². The quantitative estimate of drug-likeness (QED) is 0.460. The summed E-state index contributed by atoms with van der Waals surface area (Å²) in [6, 6.07) is 7.83. The van der Waals surface area contributed by atoms with Crippen LogP contribution in [0.4, 0.5) is 5.69 Å². The molecule has 3 rings (SSSR count). The molecule has 1 aromatic carbocycles. The zero-order chi connectivity index (χ0) is 18.0. The highest BCUT2D eigenvalue weighted by atomic mass is 16.6. The van der Waals surface area contributed by atoms with Crippen molar-refractivity contribution < 1.29 is 9.72 Å². The van der Waals surface area contributed by atoms with Crippen molar-refractivity contribution >= 4 is 11.5 Å². The number of Topliss-reactive ketones (excluding diaryl/α,β-unsaturated/α-hetero) is 1. The maximum absolute atomic E-state index is 12.5. The lowest BCUT2D eigenvalue weighted by Crippen LogP contribution is -2.13. The summed E-state index contributed by atoms with van der Waals surface area (Å²) in [5, 5.41) is 15.2. The third-order valence-electron chi connectivity index (χ3n) is 5.13. The van der Waals surface area contributed by atoms with Gasteiger partial charge in [-0.2, -0.15) is 5.10 Å². The number of aromatic nitrogens is 2. The molecule has 0 aliphatic heterocycles. The Kier molecular flexibility index (Phi) is 4.97. The number of nitro groups is 1. The molecule has 0 atom stereocenters. The topological polar surface area (TPSA) is 78.0 Å². The third-order valence-corrected chi connectivity index (χ3v) is 5.13. The van der Waals surface area contributed by atoms with E-state index >= 15 is 0 Å². The van der Waals surface area contributed by atoms with Crippen LogP contribution in [0.3, 0.4) is 0 Å². The first-order valence-electron chi connectivity index (χ1n) is 8.79. The van der Waals surface area contributed by atoms with E-state index in [9.17, 15) is 14.9 Å². The van der Waals surface area contributed by atoms with E-state index < -0.39 is 4.92 Å². The van der Waals surface area contributed by atoms with Crippen molar-refractivity contribution in [1.29, 1.82) is 0 Å². The van der Waals surface area contributed by atoms with Crippen LogP contribution in [0.5, 0.6) is 0 Å². The molecular formula is C19H23N3O3. The van der Waals surface area contributed by atoms with E-state index in [1.54, 1.807) is 13.8 Å². The van der Waals surface area contributed by atoms with Gasteiger partial charge in [0.1, 0.15) is 17.9 Å². The second-order valence-electron chi connectivity index (χ2n) is 6.81. The summed E-state index contributed by atoms with van der Waals surface area (Å²) in [5.74, 6) is 0.521. The monoisotopic (exact) mass is 341 g/mol. The van der Waals surface area contributed by atoms with Crippen LogP contribution in [0.15, 0.2) is 24.3 Å². The van der Waals surface area contributed by atoms with Crippen LogP contribution in [0.25, 0.3) is 0 Å². The second-order valence-corrected chi connectivity index (χ2v) is 6.81. The smallest absolute Gasteiger partial charge is 0.292 e. The maximum atomic E-state index is 12.5. The molecule has 2 aromatic rings. The molecular weight excluding hydrogens is 318 g/mol. The number of hydrogen-bond acceptors (Lipinski definition) is 4. The lowest BCUT2D eigenvalue weighted by molar-refractivity contribution is -0.386. The lowest BCUT2D eigenvalue weighted by Gasteiger charge is -2.22. The van der Waals surface area contributed by atoms with Gasteiger partial charge >= 0.3 is 5.69 Å². The van der Waals surface area contributed by atoms with E-state index in [-0.39, 0.29) is 18.0 Å². The summed E-state index contributed by atoms with van der Waals surface area (Å²) in [6.07, 6.45) is 6.33. The summed E-state index contributed by atoms with van der Waals surface area (Å²) in [4.78, 5) is 23.1. The molecule has 6 heteroatoms. The highest BCUT2D eigenvalue weighted by Crippen LogP contribution is 2.32. The van der Waals surface area contributed by atoms with Crippen LogP contribution in [0.1, 0.15) is 65.3 Å². The summed E-state index contributed by atoms with van der Waals surface area (Å²) < 4.78 is 1.42. The fourth-order valence-corrected chi connectivity index (χ4v) is 3.71. The number of hydrogen-bond donors (Lipinski definition) is 0. The first-order chi connectivity index (χ1) is 12.0. The van der Waals surface area contributed by atoms with Crippen molar-refractivity contribution in [3.05, 3.63) is 56.9 Å². The average molecular weight is 341 g/mol. The maximum Gasteiger partial charge on any atom is 0.312 e. The predicted octanol–water partition coefficient (Wildman–Crippen LogP) is 4.34. The number of carbonyl (C=O) groups is 1. The van der Waals surface area contributed by atoms with Gasteiger partial charge in [-0.1, -0.05) is 43.5 Å². The SMILES string of the molecule is Cc1nn(CC(=O)c2ccc(C3CCCCC3)cc2)c(C)c1[N+](=O)[O-]. The molecule has 0 spiro atoms. The lowest BCUT2D eigenvalue weighted by atomic mass is 9.84. The Labute approximate surface area is 147 Å². The van der Waals surface area contributed by atoms with Gasteiger partial charge in [0.05, 0.1) is 4.92 Å². The Balaban J connectivity index is 1.73. The summed E-state index contributed by atoms with van der Waals surface area (Å²) in [7, 11) is 0. The molecule has 0 radical (unpaired) electrons. The highest BCUT2D eigenvalue weighted by molar-refractivity contribution is 5.96. The normalized spacial score (nSPS) is 15.3. The van der Waals surface area contributed by atoms with E-state index in [1.807, 2.05) is 24.3 Å². The van der Waals surface area contributed by atoms with E-state index in [2.05, 4.69) is 5.10 Å². The minimum absolute atomic E-state index is 0.0135. The highest BCUT2D eigenvalue weighted by Gasteiger charge is 2.23. The Morgan fingerprint density at radius 3 is 2.40 bits per heavy atom. The largest absolute Gasteiger partial charge is 0.312 e. The molecule has 1 heterocycles. The van der Waals surface area contributed by atoms with Crippen molar-refractivity contribution in [2.24, 2.45) is 0 Å². The van der Waals surface area contributed by atoms with Crippen LogP contribution in [-0.2, 0) is 6.54 Å². The van der Waals surface area contributed by atoms with Crippen molar-refractivity contribution in [3.8, 4) is 0 Å². The van der Waals surface area contributed by atoms with Gasteiger partial charge in [0, 0.05) is 5.56 Å². The number of carbonyl (C=O) groups excluding carboxylic acids is 1. The molecule has 0 bridgehead atoms. The molecule has 1 aliphatic carbocycles. The zero-order valence-electron chi connectivity index (χ0n) is 14.7. The van der Waals surface area contributed by atoms with Gasteiger partial charge in [0.25, 0.3) is 0 Å². The van der Waals surface area contributed by atoms with Gasteiger partial charge in [0.2, 0.25) is 0 Å². The van der Waals surface area contributed by atoms with Crippen molar-refractivity contribution in [2.75, 3.05) is 0 Å². The first kappa shape index (κ1) is 17.3. The van der Waals surface area contributed by atoms with Crippen LogP contribution < -0.4 is 0 Å². The average Bonchev–Trinajstić information content (AvgIpc) is 2.89. The molecule has 6 nitrogen and oxygen atoms in total. The molecule has 1 aromatic heterocycles. The van der Waals surface area contributed by atoms with Crippen molar-refractivity contribution in [1.82, 2.24) is 9.78 Å². The molecule has 0 unspecified atom stereocenters. The third kappa shape index (κ3) is 3.62. The molecule has 1 saturated carbocycles. The molecule has 0 amide bonds. The van der Waals surface area contributed by atoms with E-state index in [0.717, 1.165) is 0 Å². The van der Waals surface area contributed by atoms with E-state index in [1.165, 1.54) is 42.3 Å². The van der Waals surface area contributed by atoms with Crippen LogP contribution in [0, 0.1) is 24.0 Å². The number of rotatable bonds is 5. The molecule has 0 N–H and O–H groups in total. The summed E-state index contributed by atoms with van der Waals surface area (Å²) >= 11 is 0. The Morgan fingerprint density at radius 2 is 1.84 bits per heavy atom. The summed E-state index contributed by atoms with van der Waals surface area (Å²) in [6.45, 7) is 3.23. The minimum atomic E-state index is -0.447. The van der Waals surface area contributed by atoms with Gasteiger partial charge in [-0.25, -0.2) is 0 Å². The summed E-state index contributed by atoms with van der Waals surface area (Å²) in [5.41, 5.74) is 2.66. The number of aryl methyl sites for hydroxylation is 1. The van der Waals surface area contributed by atoms with Crippen LogP contribution >= 0.6 is 0 Å². The minimum Gasteiger partial charge on any atom is -0.292 e. The number of benzene rings is 1. The Hall–Kier alpha value is -2.50. The van der Waals surface area contributed by atoms with Gasteiger partial charge in [-0.3, -0.25) is 19.6 Å². The van der Waals surface area contributed by atoms with E-state index in [4.69, 9.17) is 0 Å². The molecule has 1 aliphatic rings. The van der Waals surface area contributed by atoms with Gasteiger partial charge in [-0.15, -0.1) is 0 Å². The first-order valence-corrected chi connectivity index (χ1v) is 8.79. The molecule has 1 fully saturated rings. The molecule has 132 valence electrons. The van der Waals surface area contributed by atoms with Gasteiger partial charge < -0.3 is 0 Å². The fourth-order valence-electron chi connectivity index (χ4n) is 3.71. The zero-order valence-corrected chi connectivity index (χ0v) is 14.7.